The molecule has 0 fully saturated rings. The molecule has 22 heavy (non-hydrogen) atoms. The standard InChI is InChI=1S/C14H21N5OS.HI/c1-4-15-13(17-9-12-6-5-7-20-12)16-8-11-10-21-14(18-11)19(2)3;/h5-7,10H,4,8-9H2,1-3H3,(H2,15,16,17);1H. The highest BCUT2D eigenvalue weighted by Gasteiger charge is 2.04. The molecule has 2 aromatic rings. The van der Waals surface area contributed by atoms with E-state index in [0.717, 1.165) is 29.1 Å². The van der Waals surface area contributed by atoms with Gasteiger partial charge in [-0.25, -0.2) is 9.98 Å². The summed E-state index contributed by atoms with van der Waals surface area (Å²) in [4.78, 5) is 11.0. The minimum atomic E-state index is 0. The monoisotopic (exact) mass is 435 g/mol. The Labute approximate surface area is 152 Å². The third-order valence-electron chi connectivity index (χ3n) is 2.68. The number of aromatic nitrogens is 1. The van der Waals surface area contributed by atoms with Crippen molar-refractivity contribution in [2.45, 2.75) is 20.0 Å². The summed E-state index contributed by atoms with van der Waals surface area (Å²) in [6, 6.07) is 3.81. The summed E-state index contributed by atoms with van der Waals surface area (Å²) < 4.78 is 5.29. The van der Waals surface area contributed by atoms with E-state index in [1.54, 1.807) is 17.6 Å². The third-order valence-corrected chi connectivity index (χ3v) is 3.73. The number of nitrogens with one attached hydrogen (secondary N) is 2. The molecular formula is C14H22IN5OS. The van der Waals surface area contributed by atoms with Gasteiger partial charge in [-0.3, -0.25) is 0 Å². The predicted molar refractivity (Wildman–Crippen MR) is 102 cm³/mol. The Kier molecular flexibility index (Phi) is 8.25. The fourth-order valence-electron chi connectivity index (χ4n) is 1.66. The quantitative estimate of drug-likeness (QED) is 0.415. The third kappa shape index (κ3) is 5.84. The molecule has 0 saturated carbocycles. The Hall–Kier alpha value is -1.29. The molecule has 0 aromatic carbocycles. The van der Waals surface area contributed by atoms with Crippen molar-refractivity contribution >= 4 is 46.4 Å². The van der Waals surface area contributed by atoms with Crippen molar-refractivity contribution in [1.29, 1.82) is 0 Å². The maximum atomic E-state index is 5.29. The molecule has 0 spiro atoms. The maximum absolute atomic E-state index is 5.29. The van der Waals surface area contributed by atoms with Gasteiger partial charge in [-0.1, -0.05) is 0 Å². The Balaban J connectivity index is 0.00000242. The van der Waals surface area contributed by atoms with Gasteiger partial charge in [0, 0.05) is 26.0 Å². The van der Waals surface area contributed by atoms with Crippen molar-refractivity contribution in [1.82, 2.24) is 15.6 Å². The van der Waals surface area contributed by atoms with Crippen LogP contribution in [0.3, 0.4) is 0 Å². The molecule has 0 aliphatic heterocycles. The predicted octanol–water partition coefficient (Wildman–Crippen LogP) is 2.68. The molecule has 0 atom stereocenters. The van der Waals surface area contributed by atoms with Gasteiger partial charge in [0.1, 0.15) is 5.76 Å². The summed E-state index contributed by atoms with van der Waals surface area (Å²) in [5.41, 5.74) is 0.971. The number of aliphatic imine (C=N–C) groups is 1. The molecule has 0 aliphatic rings. The number of halogens is 1. The van der Waals surface area contributed by atoms with E-state index in [1.807, 2.05) is 43.4 Å². The average Bonchev–Trinajstić information content (AvgIpc) is 3.13. The second kappa shape index (κ2) is 9.67. The molecule has 2 heterocycles. The first-order valence-electron chi connectivity index (χ1n) is 6.85. The molecule has 0 aliphatic carbocycles. The van der Waals surface area contributed by atoms with Gasteiger partial charge in [0.15, 0.2) is 11.1 Å². The van der Waals surface area contributed by atoms with Crippen molar-refractivity contribution in [3.8, 4) is 0 Å². The molecule has 8 heteroatoms. The van der Waals surface area contributed by atoms with Crippen LogP contribution in [0.2, 0.25) is 0 Å². The first-order valence-corrected chi connectivity index (χ1v) is 7.73. The number of anilines is 1. The molecule has 122 valence electrons. The van der Waals surface area contributed by atoms with Crippen LogP contribution in [0, 0.1) is 0 Å². The minimum Gasteiger partial charge on any atom is -0.467 e. The summed E-state index contributed by atoms with van der Waals surface area (Å²) in [7, 11) is 3.97. The summed E-state index contributed by atoms with van der Waals surface area (Å²) in [5, 5.41) is 9.47. The van der Waals surface area contributed by atoms with Crippen molar-refractivity contribution in [3.63, 3.8) is 0 Å². The van der Waals surface area contributed by atoms with Gasteiger partial charge in [0.25, 0.3) is 0 Å². The number of hydrogen-bond acceptors (Lipinski definition) is 5. The zero-order valence-corrected chi connectivity index (χ0v) is 16.1. The van der Waals surface area contributed by atoms with Gasteiger partial charge < -0.3 is 20.0 Å². The topological polar surface area (TPSA) is 65.7 Å². The number of thiazole rings is 1. The van der Waals surface area contributed by atoms with Gasteiger partial charge in [-0.05, 0) is 19.1 Å². The number of hydrogen-bond donors (Lipinski definition) is 2. The first kappa shape index (κ1) is 18.8. The van der Waals surface area contributed by atoms with Crippen LogP contribution in [0.25, 0.3) is 0 Å². The van der Waals surface area contributed by atoms with E-state index in [1.165, 1.54) is 0 Å². The fraction of sp³-hybridized carbons (Fsp3) is 0.429. The smallest absolute Gasteiger partial charge is 0.192 e. The summed E-state index contributed by atoms with van der Waals surface area (Å²) in [6.45, 7) is 4.01. The summed E-state index contributed by atoms with van der Waals surface area (Å²) in [5.74, 6) is 1.64. The molecular weight excluding hydrogens is 413 g/mol. The van der Waals surface area contributed by atoms with E-state index in [-0.39, 0.29) is 24.0 Å². The van der Waals surface area contributed by atoms with Crippen LogP contribution < -0.4 is 15.5 Å². The molecule has 0 radical (unpaired) electrons. The molecule has 0 bridgehead atoms. The van der Waals surface area contributed by atoms with Gasteiger partial charge in [0.2, 0.25) is 0 Å². The van der Waals surface area contributed by atoms with Crippen molar-refractivity contribution in [3.05, 3.63) is 35.2 Å². The highest BCUT2D eigenvalue weighted by molar-refractivity contribution is 14.0. The van der Waals surface area contributed by atoms with Gasteiger partial charge >= 0.3 is 0 Å². The molecule has 6 nitrogen and oxygen atoms in total. The number of furan rings is 1. The van der Waals surface area contributed by atoms with E-state index >= 15 is 0 Å². The van der Waals surface area contributed by atoms with Gasteiger partial charge in [0.05, 0.1) is 25.0 Å². The van der Waals surface area contributed by atoms with E-state index in [9.17, 15) is 0 Å². The zero-order valence-electron chi connectivity index (χ0n) is 13.0. The Morgan fingerprint density at radius 3 is 2.82 bits per heavy atom. The van der Waals surface area contributed by atoms with Crippen LogP contribution in [0.15, 0.2) is 33.2 Å². The molecule has 0 amide bonds. The van der Waals surface area contributed by atoms with Crippen LogP contribution >= 0.6 is 35.3 Å². The molecule has 0 unspecified atom stereocenters. The number of nitrogens with zero attached hydrogens (tertiary/aromatic N) is 3. The van der Waals surface area contributed by atoms with E-state index < -0.39 is 0 Å². The Bertz CT molecular complexity index is 568. The SMILES string of the molecule is CCNC(=NCc1csc(N(C)C)n1)NCc1ccco1.I. The molecule has 2 aromatic heterocycles. The second-order valence-corrected chi connectivity index (χ2v) is 5.48. The molecule has 0 saturated heterocycles. The van der Waals surface area contributed by atoms with Crippen LogP contribution in [-0.2, 0) is 13.1 Å². The Morgan fingerprint density at radius 2 is 2.23 bits per heavy atom. The van der Waals surface area contributed by atoms with Crippen molar-refractivity contribution < 1.29 is 4.42 Å². The minimum absolute atomic E-state index is 0. The maximum Gasteiger partial charge on any atom is 0.192 e. The fourth-order valence-corrected chi connectivity index (χ4v) is 2.41. The summed E-state index contributed by atoms with van der Waals surface area (Å²) >= 11 is 1.62. The number of guanidine groups is 1. The molecule has 2 N–H and O–H groups in total. The zero-order chi connectivity index (χ0) is 15.1. The first-order chi connectivity index (χ1) is 10.2. The average molecular weight is 435 g/mol. The lowest BCUT2D eigenvalue weighted by Gasteiger charge is -2.09. The lowest BCUT2D eigenvalue weighted by molar-refractivity contribution is 0.501. The van der Waals surface area contributed by atoms with Gasteiger partial charge in [-0.15, -0.1) is 35.3 Å². The van der Waals surface area contributed by atoms with Crippen LogP contribution in [-0.4, -0.2) is 31.6 Å². The van der Waals surface area contributed by atoms with Crippen LogP contribution in [0.5, 0.6) is 0 Å². The molecule has 2 rings (SSSR count). The lowest BCUT2D eigenvalue weighted by atomic mass is 10.4. The number of rotatable bonds is 6. The summed E-state index contributed by atoms with van der Waals surface area (Å²) in [6.07, 6.45) is 1.67. The second-order valence-electron chi connectivity index (χ2n) is 4.64. The van der Waals surface area contributed by atoms with Crippen molar-refractivity contribution in [2.75, 3.05) is 25.5 Å². The van der Waals surface area contributed by atoms with Crippen LogP contribution in [0.4, 0.5) is 5.13 Å². The Morgan fingerprint density at radius 1 is 1.41 bits per heavy atom. The highest BCUT2D eigenvalue weighted by Crippen LogP contribution is 2.18. The largest absolute Gasteiger partial charge is 0.467 e. The van der Waals surface area contributed by atoms with E-state index in [0.29, 0.717) is 13.1 Å². The van der Waals surface area contributed by atoms with Crippen LogP contribution in [0.1, 0.15) is 18.4 Å². The normalized spacial score (nSPS) is 11.0. The van der Waals surface area contributed by atoms with Gasteiger partial charge in [-0.2, -0.15) is 0 Å². The van der Waals surface area contributed by atoms with E-state index in [2.05, 4.69) is 20.6 Å². The van der Waals surface area contributed by atoms with Crippen molar-refractivity contribution in [2.24, 2.45) is 4.99 Å². The van der Waals surface area contributed by atoms with E-state index in [4.69, 9.17) is 4.42 Å². The lowest BCUT2D eigenvalue weighted by Crippen LogP contribution is -2.36. The highest BCUT2D eigenvalue weighted by atomic mass is 127.